The highest BCUT2D eigenvalue weighted by Gasteiger charge is 2.30. The van der Waals surface area contributed by atoms with Crippen LogP contribution in [0.5, 0.6) is 0 Å². The van der Waals surface area contributed by atoms with Crippen molar-refractivity contribution in [2.75, 3.05) is 0 Å². The maximum Gasteiger partial charge on any atom is 0.163 e. The predicted molar refractivity (Wildman–Crippen MR) is 86.5 cm³/mol. The maximum absolute atomic E-state index is 4.26. The minimum atomic E-state index is -0.185. The molecule has 8 nitrogen and oxygen atoms in total. The van der Waals surface area contributed by atoms with Gasteiger partial charge in [0, 0.05) is 0 Å². The van der Waals surface area contributed by atoms with Crippen LogP contribution in [0, 0.1) is 0 Å². The van der Waals surface area contributed by atoms with E-state index in [1.54, 1.807) is 0 Å². The Morgan fingerprint density at radius 2 is 1.15 bits per heavy atom. The monoisotopic (exact) mass is 302 g/mol. The molecule has 0 spiro atoms. The molecular formula is C10H6N8S2. The van der Waals surface area contributed by atoms with Crippen LogP contribution in [0.25, 0.3) is 0 Å². The Hall–Kier alpha value is -1.94. The summed E-state index contributed by atoms with van der Waals surface area (Å²) in [6.45, 7) is 0. The smallest absolute Gasteiger partial charge is 0.163 e. The third-order valence-electron chi connectivity index (χ3n) is 2.73. The van der Waals surface area contributed by atoms with Gasteiger partial charge < -0.3 is 0 Å². The molecule has 0 aromatic rings. The van der Waals surface area contributed by atoms with Crippen LogP contribution in [-0.4, -0.2) is 59.2 Å². The molecule has 0 aromatic heterocycles. The number of amidine groups is 2. The first-order valence-corrected chi connectivity index (χ1v) is 7.80. The van der Waals surface area contributed by atoms with E-state index >= 15 is 0 Å². The molecule has 0 aliphatic carbocycles. The zero-order chi connectivity index (χ0) is 13.4. The Bertz CT molecular complexity index is 636. The van der Waals surface area contributed by atoms with Gasteiger partial charge >= 0.3 is 0 Å². The van der Waals surface area contributed by atoms with Crippen LogP contribution in [0.15, 0.2) is 39.9 Å². The summed E-state index contributed by atoms with van der Waals surface area (Å²) >= 11 is 0. The molecule has 4 rings (SSSR count). The SMILES string of the molecule is C1=NC2=NC=NC2C(SSC2=NC=NC3=NC=NC32)=N1. The van der Waals surface area contributed by atoms with E-state index in [2.05, 4.69) is 39.9 Å². The zero-order valence-electron chi connectivity index (χ0n) is 9.86. The van der Waals surface area contributed by atoms with Crippen LogP contribution >= 0.6 is 21.6 Å². The van der Waals surface area contributed by atoms with Gasteiger partial charge in [-0.2, -0.15) is 0 Å². The Labute approximate surface area is 121 Å². The average molecular weight is 302 g/mol. The summed E-state index contributed by atoms with van der Waals surface area (Å²) in [5, 5.41) is 1.67. The van der Waals surface area contributed by atoms with Gasteiger partial charge in [0.1, 0.15) is 35.4 Å². The minimum Gasteiger partial charge on any atom is -0.255 e. The highest BCUT2D eigenvalue weighted by atomic mass is 33.1. The minimum absolute atomic E-state index is 0.185. The first-order chi connectivity index (χ1) is 9.92. The normalized spacial score (nSPS) is 28.8. The van der Waals surface area contributed by atoms with Gasteiger partial charge in [-0.25, -0.2) is 30.0 Å². The molecule has 0 bridgehead atoms. The van der Waals surface area contributed by atoms with Gasteiger partial charge in [0.2, 0.25) is 0 Å². The van der Waals surface area contributed by atoms with E-state index in [1.165, 1.54) is 46.9 Å². The second kappa shape index (κ2) is 4.87. The van der Waals surface area contributed by atoms with Gasteiger partial charge in [-0.1, -0.05) is 0 Å². The highest BCUT2D eigenvalue weighted by molar-refractivity contribution is 8.87. The van der Waals surface area contributed by atoms with Crippen molar-refractivity contribution in [2.24, 2.45) is 39.9 Å². The van der Waals surface area contributed by atoms with Crippen LogP contribution in [0.1, 0.15) is 0 Å². The second-order valence-corrected chi connectivity index (χ2v) is 6.07. The molecule has 0 saturated carbocycles. The van der Waals surface area contributed by atoms with Crippen molar-refractivity contribution >= 4 is 68.7 Å². The van der Waals surface area contributed by atoms with E-state index in [0.717, 1.165) is 10.1 Å². The predicted octanol–water partition coefficient (Wildman–Crippen LogP) is 0.867. The van der Waals surface area contributed by atoms with E-state index < -0.39 is 0 Å². The third-order valence-corrected chi connectivity index (χ3v) is 5.09. The molecule has 0 fully saturated rings. The molecule has 4 aliphatic rings. The van der Waals surface area contributed by atoms with Gasteiger partial charge in [0.25, 0.3) is 0 Å². The topological polar surface area (TPSA) is 98.9 Å². The number of nitrogens with zero attached hydrogens (tertiary/aromatic N) is 8. The van der Waals surface area contributed by atoms with E-state index in [-0.39, 0.29) is 12.1 Å². The van der Waals surface area contributed by atoms with E-state index in [1.807, 2.05) is 0 Å². The van der Waals surface area contributed by atoms with E-state index in [4.69, 9.17) is 0 Å². The molecule has 2 unspecified atom stereocenters. The van der Waals surface area contributed by atoms with Crippen LogP contribution in [0.2, 0.25) is 0 Å². The van der Waals surface area contributed by atoms with Crippen LogP contribution in [0.4, 0.5) is 0 Å². The fraction of sp³-hybridized carbons (Fsp3) is 0.200. The Kier molecular flexibility index (Phi) is 2.89. The van der Waals surface area contributed by atoms with Gasteiger partial charge in [-0.3, -0.25) is 9.98 Å². The van der Waals surface area contributed by atoms with Gasteiger partial charge in [-0.15, -0.1) is 0 Å². The molecule has 0 saturated heterocycles. The zero-order valence-corrected chi connectivity index (χ0v) is 11.5. The molecule has 0 N–H and O–H groups in total. The number of hydrogen-bond donors (Lipinski definition) is 0. The molecule has 0 aromatic carbocycles. The van der Waals surface area contributed by atoms with Crippen molar-refractivity contribution in [3.8, 4) is 0 Å². The summed E-state index contributed by atoms with van der Waals surface area (Å²) in [7, 11) is 2.98. The summed E-state index contributed by atoms with van der Waals surface area (Å²) in [5.41, 5.74) is 0. The summed E-state index contributed by atoms with van der Waals surface area (Å²) < 4.78 is 0. The van der Waals surface area contributed by atoms with Crippen molar-refractivity contribution in [3.63, 3.8) is 0 Å². The average Bonchev–Trinajstić information content (AvgIpc) is 3.13. The molecular weight excluding hydrogens is 296 g/mol. The molecule has 0 radical (unpaired) electrons. The highest BCUT2D eigenvalue weighted by Crippen LogP contribution is 2.32. The van der Waals surface area contributed by atoms with E-state index in [9.17, 15) is 0 Å². The van der Waals surface area contributed by atoms with Gasteiger partial charge in [-0.05, 0) is 21.6 Å². The van der Waals surface area contributed by atoms with Gasteiger partial charge in [0.05, 0.1) is 0 Å². The Morgan fingerprint density at radius 3 is 1.65 bits per heavy atom. The van der Waals surface area contributed by atoms with E-state index in [0.29, 0.717) is 11.7 Å². The Balaban J connectivity index is 1.49. The first kappa shape index (κ1) is 11.9. The van der Waals surface area contributed by atoms with Crippen molar-refractivity contribution in [1.82, 2.24) is 0 Å². The van der Waals surface area contributed by atoms with Crippen molar-refractivity contribution in [3.05, 3.63) is 0 Å². The quantitative estimate of drug-likeness (QED) is 0.620. The second-order valence-electron chi connectivity index (χ2n) is 3.90. The fourth-order valence-corrected chi connectivity index (χ4v) is 3.98. The van der Waals surface area contributed by atoms with Crippen LogP contribution < -0.4 is 0 Å². The first-order valence-electron chi connectivity index (χ1n) is 5.65. The summed E-state index contributed by atoms with van der Waals surface area (Å²) in [6.07, 6.45) is 6.02. The van der Waals surface area contributed by atoms with Crippen molar-refractivity contribution in [2.45, 2.75) is 12.1 Å². The lowest BCUT2D eigenvalue weighted by Crippen LogP contribution is -2.27. The molecule has 10 heteroatoms. The third kappa shape index (κ3) is 1.96. The van der Waals surface area contributed by atoms with Crippen LogP contribution in [-0.2, 0) is 0 Å². The lowest BCUT2D eigenvalue weighted by Gasteiger charge is -2.15. The molecule has 20 heavy (non-hydrogen) atoms. The van der Waals surface area contributed by atoms with Crippen molar-refractivity contribution < 1.29 is 0 Å². The molecule has 2 atom stereocenters. The fourth-order valence-electron chi connectivity index (χ4n) is 1.80. The number of fused-ring (bicyclic) bond motifs is 2. The summed E-state index contributed by atoms with van der Waals surface area (Å²) in [5.74, 6) is 1.35. The standard InChI is InChI=1S/C10H6N8S2/c1-11-5-7(13-1)15-3-17-9(5)19-20-10-6-8(14-2-12-6)16-4-18-10/h1-6H. The molecule has 4 aliphatic heterocycles. The molecule has 0 amide bonds. The Morgan fingerprint density at radius 1 is 0.650 bits per heavy atom. The van der Waals surface area contributed by atoms with Crippen molar-refractivity contribution in [1.29, 1.82) is 0 Å². The largest absolute Gasteiger partial charge is 0.255 e. The number of aliphatic imine (C=N–C) groups is 8. The summed E-state index contributed by atoms with van der Waals surface area (Å²) in [6, 6.07) is -0.369. The lowest BCUT2D eigenvalue weighted by atomic mass is 10.3. The maximum atomic E-state index is 4.26. The van der Waals surface area contributed by atoms with Crippen LogP contribution in [0.3, 0.4) is 0 Å². The molecule has 4 heterocycles. The molecule has 98 valence electrons. The van der Waals surface area contributed by atoms with Gasteiger partial charge in [0.15, 0.2) is 23.8 Å². The number of hydrogen-bond acceptors (Lipinski definition) is 10. The lowest BCUT2D eigenvalue weighted by molar-refractivity contribution is 1.16. The number of rotatable bonds is 0. The summed E-state index contributed by atoms with van der Waals surface area (Å²) in [4.78, 5) is 33.3.